The molecule has 3 heterocycles. The molecule has 0 spiro atoms. The fraction of sp³-hybridized carbons (Fsp3) is 0. The van der Waals surface area contributed by atoms with E-state index in [1.54, 1.807) is 12.4 Å². The summed E-state index contributed by atoms with van der Waals surface area (Å²) in [6.45, 7) is 0. The maximum absolute atomic E-state index is 6.08. The molecule has 0 aliphatic rings. The van der Waals surface area contributed by atoms with E-state index in [1.165, 1.54) is 0 Å². The molecule has 0 N–H and O–H groups in total. The Bertz CT molecular complexity index is 1430. The highest BCUT2D eigenvalue weighted by Crippen LogP contribution is 2.37. The minimum absolute atomic E-state index is 0.672. The van der Waals surface area contributed by atoms with Crippen molar-refractivity contribution in [1.82, 2.24) is 14.5 Å². The van der Waals surface area contributed by atoms with Gasteiger partial charge in [0.2, 0.25) is 5.95 Å². The van der Waals surface area contributed by atoms with Gasteiger partial charge in [-0.1, -0.05) is 36.4 Å². The lowest BCUT2D eigenvalue weighted by Crippen LogP contribution is -1.99. The van der Waals surface area contributed by atoms with E-state index in [9.17, 15) is 0 Å². The molecule has 0 fully saturated rings. The number of benzene rings is 3. The van der Waals surface area contributed by atoms with Crippen molar-refractivity contribution in [2.75, 3.05) is 0 Å². The topological polar surface area (TPSA) is 43.9 Å². The first-order valence-corrected chi connectivity index (χ1v) is 8.52. The highest BCUT2D eigenvalue weighted by molar-refractivity contribution is 6.16. The first kappa shape index (κ1) is 13.6. The second-order valence-corrected chi connectivity index (χ2v) is 6.37. The number of aromatic nitrogens is 3. The lowest BCUT2D eigenvalue weighted by atomic mass is 10.1. The smallest absolute Gasteiger partial charge is 0.234 e. The van der Waals surface area contributed by atoms with Crippen molar-refractivity contribution < 1.29 is 4.42 Å². The van der Waals surface area contributed by atoms with Crippen molar-refractivity contribution in [3.05, 3.63) is 79.1 Å². The summed E-state index contributed by atoms with van der Waals surface area (Å²) in [6.07, 6.45) is 3.55. The van der Waals surface area contributed by atoms with Crippen LogP contribution in [0, 0.1) is 0 Å². The molecule has 0 unspecified atom stereocenters. The summed E-state index contributed by atoms with van der Waals surface area (Å²) < 4.78 is 8.20. The van der Waals surface area contributed by atoms with E-state index in [1.807, 2.05) is 30.3 Å². The SMILES string of the molecule is c1cnc(-n2c3ccccc3c3cc4oc5ccccc5c4cc32)nc1. The van der Waals surface area contributed by atoms with Gasteiger partial charge in [-0.05, 0) is 30.3 Å². The van der Waals surface area contributed by atoms with E-state index in [-0.39, 0.29) is 0 Å². The summed E-state index contributed by atoms with van der Waals surface area (Å²) >= 11 is 0. The van der Waals surface area contributed by atoms with Gasteiger partial charge in [-0.2, -0.15) is 0 Å². The van der Waals surface area contributed by atoms with Gasteiger partial charge in [0.15, 0.2) is 0 Å². The molecular weight excluding hydrogens is 322 g/mol. The standard InChI is InChI=1S/C22H13N3O/c1-3-8-18-14(6-1)16-13-21-17(15-7-2-4-9-20(15)26-21)12-19(16)25(18)22-23-10-5-11-24-22/h1-13H. The van der Waals surface area contributed by atoms with E-state index in [0.29, 0.717) is 5.95 Å². The van der Waals surface area contributed by atoms with E-state index in [0.717, 1.165) is 43.7 Å². The molecule has 0 aliphatic heterocycles. The lowest BCUT2D eigenvalue weighted by Gasteiger charge is -2.04. The maximum Gasteiger partial charge on any atom is 0.234 e. The first-order valence-electron chi connectivity index (χ1n) is 8.52. The number of fused-ring (bicyclic) bond motifs is 6. The average molecular weight is 335 g/mol. The number of nitrogens with zero attached hydrogens (tertiary/aromatic N) is 3. The van der Waals surface area contributed by atoms with Crippen LogP contribution in [0.4, 0.5) is 0 Å². The molecule has 0 aliphatic carbocycles. The average Bonchev–Trinajstić information content (AvgIpc) is 3.22. The third-order valence-corrected chi connectivity index (χ3v) is 4.92. The summed E-state index contributed by atoms with van der Waals surface area (Å²) in [4.78, 5) is 8.96. The summed E-state index contributed by atoms with van der Waals surface area (Å²) in [5.41, 5.74) is 3.97. The zero-order valence-electron chi connectivity index (χ0n) is 13.8. The van der Waals surface area contributed by atoms with Crippen LogP contribution in [-0.2, 0) is 0 Å². The van der Waals surface area contributed by atoms with E-state index in [2.05, 4.69) is 50.9 Å². The van der Waals surface area contributed by atoms with Gasteiger partial charge in [-0.25, -0.2) is 9.97 Å². The number of hydrogen-bond donors (Lipinski definition) is 0. The summed E-state index contributed by atoms with van der Waals surface area (Å²) in [7, 11) is 0. The van der Waals surface area contributed by atoms with Crippen molar-refractivity contribution in [3.63, 3.8) is 0 Å². The van der Waals surface area contributed by atoms with Crippen LogP contribution in [0.1, 0.15) is 0 Å². The lowest BCUT2D eigenvalue weighted by molar-refractivity contribution is 0.669. The molecule has 6 aromatic rings. The monoisotopic (exact) mass is 335 g/mol. The van der Waals surface area contributed by atoms with Crippen molar-refractivity contribution in [2.45, 2.75) is 0 Å². The minimum atomic E-state index is 0.672. The zero-order chi connectivity index (χ0) is 17.1. The van der Waals surface area contributed by atoms with Gasteiger partial charge in [0.05, 0.1) is 11.0 Å². The third kappa shape index (κ3) is 1.73. The molecule has 0 saturated carbocycles. The van der Waals surface area contributed by atoms with E-state index < -0.39 is 0 Å². The molecule has 122 valence electrons. The predicted molar refractivity (Wildman–Crippen MR) is 104 cm³/mol. The van der Waals surface area contributed by atoms with Crippen LogP contribution in [-0.4, -0.2) is 14.5 Å². The van der Waals surface area contributed by atoms with E-state index in [4.69, 9.17) is 4.42 Å². The Balaban J connectivity index is 1.86. The van der Waals surface area contributed by atoms with Crippen LogP contribution < -0.4 is 0 Å². The number of para-hydroxylation sites is 2. The summed E-state index contributed by atoms with van der Waals surface area (Å²) in [6, 6.07) is 22.6. The van der Waals surface area contributed by atoms with Crippen LogP contribution in [0.3, 0.4) is 0 Å². The normalized spacial score (nSPS) is 11.8. The van der Waals surface area contributed by atoms with Crippen LogP contribution in [0.15, 0.2) is 83.5 Å². The van der Waals surface area contributed by atoms with Gasteiger partial charge in [-0.15, -0.1) is 0 Å². The molecule has 0 amide bonds. The molecule has 4 heteroatoms. The molecule has 0 bridgehead atoms. The molecule has 4 nitrogen and oxygen atoms in total. The molecule has 26 heavy (non-hydrogen) atoms. The van der Waals surface area contributed by atoms with E-state index >= 15 is 0 Å². The number of hydrogen-bond acceptors (Lipinski definition) is 3. The minimum Gasteiger partial charge on any atom is -0.456 e. The molecule has 0 saturated heterocycles. The largest absolute Gasteiger partial charge is 0.456 e. The van der Waals surface area contributed by atoms with Crippen molar-refractivity contribution in [1.29, 1.82) is 0 Å². The molecule has 3 aromatic carbocycles. The van der Waals surface area contributed by atoms with Crippen LogP contribution >= 0.6 is 0 Å². The zero-order valence-corrected chi connectivity index (χ0v) is 13.8. The van der Waals surface area contributed by atoms with Gasteiger partial charge in [-0.3, -0.25) is 4.57 Å². The molecular formula is C22H13N3O. The second-order valence-electron chi connectivity index (χ2n) is 6.37. The predicted octanol–water partition coefficient (Wildman–Crippen LogP) is 5.47. The molecule has 0 radical (unpaired) electrons. The highest BCUT2D eigenvalue weighted by Gasteiger charge is 2.16. The first-order chi connectivity index (χ1) is 12.9. The van der Waals surface area contributed by atoms with Gasteiger partial charge in [0, 0.05) is 33.9 Å². The second kappa shape index (κ2) is 4.92. The van der Waals surface area contributed by atoms with Crippen molar-refractivity contribution in [2.24, 2.45) is 0 Å². The highest BCUT2D eigenvalue weighted by atomic mass is 16.3. The van der Waals surface area contributed by atoms with Crippen molar-refractivity contribution in [3.8, 4) is 5.95 Å². The Labute approximate surface area is 148 Å². The van der Waals surface area contributed by atoms with Crippen LogP contribution in [0.2, 0.25) is 0 Å². The van der Waals surface area contributed by atoms with Gasteiger partial charge < -0.3 is 4.42 Å². The molecule has 3 aromatic heterocycles. The van der Waals surface area contributed by atoms with Gasteiger partial charge in [0.25, 0.3) is 0 Å². The Morgan fingerprint density at radius 1 is 0.615 bits per heavy atom. The molecule has 6 rings (SSSR count). The quantitative estimate of drug-likeness (QED) is 0.400. The summed E-state index contributed by atoms with van der Waals surface area (Å²) in [5, 5.41) is 4.53. The fourth-order valence-electron chi connectivity index (χ4n) is 3.81. The fourth-order valence-corrected chi connectivity index (χ4v) is 3.81. The Kier molecular flexibility index (Phi) is 2.58. The Hall–Kier alpha value is -3.66. The van der Waals surface area contributed by atoms with Crippen LogP contribution in [0.25, 0.3) is 49.7 Å². The maximum atomic E-state index is 6.08. The van der Waals surface area contributed by atoms with Gasteiger partial charge in [0.1, 0.15) is 11.2 Å². The summed E-state index contributed by atoms with van der Waals surface area (Å²) in [5.74, 6) is 0.672. The number of rotatable bonds is 1. The van der Waals surface area contributed by atoms with Crippen molar-refractivity contribution >= 4 is 43.7 Å². The third-order valence-electron chi connectivity index (χ3n) is 4.92. The number of furan rings is 1. The Morgan fingerprint density at radius 3 is 2.27 bits per heavy atom. The van der Waals surface area contributed by atoms with Crippen LogP contribution in [0.5, 0.6) is 0 Å². The Morgan fingerprint density at radius 2 is 1.38 bits per heavy atom. The molecule has 0 atom stereocenters. The van der Waals surface area contributed by atoms with Gasteiger partial charge >= 0.3 is 0 Å².